The molecule has 0 fully saturated rings. The van der Waals surface area contributed by atoms with Gasteiger partial charge in [0.2, 0.25) is 0 Å². The van der Waals surface area contributed by atoms with Crippen molar-refractivity contribution in [1.29, 1.82) is 0 Å². The van der Waals surface area contributed by atoms with Crippen LogP contribution in [0.5, 0.6) is 5.75 Å². The fourth-order valence-electron chi connectivity index (χ4n) is 1.44. The third-order valence-corrected chi connectivity index (χ3v) is 2.22. The van der Waals surface area contributed by atoms with Crippen LogP contribution in [0.15, 0.2) is 48.5 Å². The zero-order valence-electron chi connectivity index (χ0n) is 9.54. The maximum atomic E-state index is 12.7. The van der Waals surface area contributed by atoms with Crippen LogP contribution in [0.3, 0.4) is 0 Å². The maximum Gasteiger partial charge on any atom is 0.573 e. The molecular formula is C13H9F4NO. The first-order chi connectivity index (χ1) is 8.92. The molecule has 6 heteroatoms. The van der Waals surface area contributed by atoms with Crippen molar-refractivity contribution in [3.63, 3.8) is 0 Å². The van der Waals surface area contributed by atoms with E-state index in [-0.39, 0.29) is 11.6 Å². The van der Waals surface area contributed by atoms with Crippen LogP contribution in [0.4, 0.5) is 28.9 Å². The monoisotopic (exact) mass is 271 g/mol. The van der Waals surface area contributed by atoms with Gasteiger partial charge in [-0.1, -0.05) is 0 Å². The van der Waals surface area contributed by atoms with E-state index in [1.807, 2.05) is 0 Å². The number of alkyl halides is 3. The van der Waals surface area contributed by atoms with Crippen LogP contribution >= 0.6 is 0 Å². The lowest BCUT2D eigenvalue weighted by molar-refractivity contribution is -0.274. The summed E-state index contributed by atoms with van der Waals surface area (Å²) in [6, 6.07) is 10.9. The Bertz CT molecular complexity index is 534. The minimum Gasteiger partial charge on any atom is -0.406 e. The van der Waals surface area contributed by atoms with E-state index in [4.69, 9.17) is 0 Å². The summed E-state index contributed by atoms with van der Waals surface area (Å²) in [5, 5.41) is 2.92. The van der Waals surface area contributed by atoms with Gasteiger partial charge in [0.15, 0.2) is 0 Å². The molecule has 2 aromatic rings. The number of hydrogen-bond donors (Lipinski definition) is 1. The Kier molecular flexibility index (Phi) is 3.59. The van der Waals surface area contributed by atoms with E-state index in [2.05, 4.69) is 10.1 Å². The molecule has 19 heavy (non-hydrogen) atoms. The SMILES string of the molecule is Fc1ccc(Nc2ccc(OC(F)(F)F)cc2)cc1. The third-order valence-electron chi connectivity index (χ3n) is 2.22. The molecule has 100 valence electrons. The van der Waals surface area contributed by atoms with Gasteiger partial charge < -0.3 is 10.1 Å². The molecule has 0 spiro atoms. The van der Waals surface area contributed by atoms with Crippen molar-refractivity contribution < 1.29 is 22.3 Å². The molecule has 0 bridgehead atoms. The van der Waals surface area contributed by atoms with Gasteiger partial charge in [-0.3, -0.25) is 0 Å². The Hall–Kier alpha value is -2.24. The molecule has 0 heterocycles. The van der Waals surface area contributed by atoms with E-state index in [1.165, 1.54) is 48.5 Å². The number of anilines is 2. The molecule has 0 saturated carbocycles. The molecule has 0 saturated heterocycles. The first kappa shape index (κ1) is 13.2. The van der Waals surface area contributed by atoms with Crippen LogP contribution in [-0.2, 0) is 0 Å². The molecule has 0 radical (unpaired) electrons. The van der Waals surface area contributed by atoms with Crippen LogP contribution in [-0.4, -0.2) is 6.36 Å². The minimum atomic E-state index is -4.70. The first-order valence-electron chi connectivity index (χ1n) is 5.31. The average Bonchev–Trinajstić information content (AvgIpc) is 2.33. The molecule has 0 aliphatic heterocycles. The second kappa shape index (κ2) is 5.17. The van der Waals surface area contributed by atoms with Crippen molar-refractivity contribution in [1.82, 2.24) is 0 Å². The van der Waals surface area contributed by atoms with Crippen LogP contribution < -0.4 is 10.1 Å². The molecule has 0 unspecified atom stereocenters. The second-order valence-electron chi connectivity index (χ2n) is 3.70. The van der Waals surface area contributed by atoms with Gasteiger partial charge in [-0.05, 0) is 48.5 Å². The molecule has 0 aliphatic rings. The topological polar surface area (TPSA) is 21.3 Å². The summed E-state index contributed by atoms with van der Waals surface area (Å²) < 4.78 is 52.3. The lowest BCUT2D eigenvalue weighted by Gasteiger charge is -2.10. The van der Waals surface area contributed by atoms with E-state index in [0.717, 1.165) is 0 Å². The highest BCUT2D eigenvalue weighted by atomic mass is 19.4. The number of rotatable bonds is 3. The van der Waals surface area contributed by atoms with Gasteiger partial charge in [0.05, 0.1) is 0 Å². The Morgan fingerprint density at radius 3 is 1.74 bits per heavy atom. The van der Waals surface area contributed by atoms with Crippen molar-refractivity contribution >= 4 is 11.4 Å². The van der Waals surface area contributed by atoms with Gasteiger partial charge >= 0.3 is 6.36 Å². The maximum absolute atomic E-state index is 12.7. The van der Waals surface area contributed by atoms with Crippen LogP contribution in [0.25, 0.3) is 0 Å². The highest BCUT2D eigenvalue weighted by molar-refractivity contribution is 5.60. The van der Waals surface area contributed by atoms with E-state index < -0.39 is 6.36 Å². The van der Waals surface area contributed by atoms with Crippen molar-refractivity contribution in [2.75, 3.05) is 5.32 Å². The highest BCUT2D eigenvalue weighted by Gasteiger charge is 2.30. The summed E-state index contributed by atoms with van der Waals surface area (Å²) in [5.74, 6) is -0.656. The Balaban J connectivity index is 2.04. The number of nitrogens with one attached hydrogen (secondary N) is 1. The molecule has 2 aromatic carbocycles. The molecule has 0 amide bonds. The number of benzene rings is 2. The summed E-state index contributed by atoms with van der Waals surface area (Å²) in [6.07, 6.45) is -4.70. The number of hydrogen-bond acceptors (Lipinski definition) is 2. The fourth-order valence-corrected chi connectivity index (χ4v) is 1.44. The molecule has 0 aliphatic carbocycles. The van der Waals surface area contributed by atoms with Gasteiger partial charge in [0.1, 0.15) is 11.6 Å². The zero-order valence-corrected chi connectivity index (χ0v) is 9.54. The summed E-state index contributed by atoms with van der Waals surface area (Å²) >= 11 is 0. The molecule has 1 N–H and O–H groups in total. The smallest absolute Gasteiger partial charge is 0.406 e. The molecule has 0 aromatic heterocycles. The Morgan fingerprint density at radius 2 is 1.26 bits per heavy atom. The number of ether oxygens (including phenoxy) is 1. The van der Waals surface area contributed by atoms with Gasteiger partial charge in [-0.2, -0.15) is 0 Å². The lowest BCUT2D eigenvalue weighted by atomic mass is 10.2. The first-order valence-corrected chi connectivity index (χ1v) is 5.31. The standard InChI is InChI=1S/C13H9F4NO/c14-9-1-3-10(4-2-9)18-11-5-7-12(8-6-11)19-13(15,16)17/h1-8,18H. The summed E-state index contributed by atoms with van der Waals surface area (Å²) in [5.41, 5.74) is 1.20. The molecule has 2 rings (SSSR count). The van der Waals surface area contributed by atoms with E-state index in [1.54, 1.807) is 0 Å². The summed E-state index contributed by atoms with van der Waals surface area (Å²) in [4.78, 5) is 0. The quantitative estimate of drug-likeness (QED) is 0.832. The van der Waals surface area contributed by atoms with Gasteiger partial charge in [-0.25, -0.2) is 4.39 Å². The predicted octanol–water partition coefficient (Wildman–Crippen LogP) is 4.47. The molecule has 2 nitrogen and oxygen atoms in total. The fraction of sp³-hybridized carbons (Fsp3) is 0.0769. The van der Waals surface area contributed by atoms with Crippen molar-refractivity contribution in [2.45, 2.75) is 6.36 Å². The van der Waals surface area contributed by atoms with Gasteiger partial charge in [0, 0.05) is 11.4 Å². The normalized spacial score (nSPS) is 11.2. The number of halogens is 4. The van der Waals surface area contributed by atoms with Crippen LogP contribution in [0, 0.1) is 5.82 Å². The minimum absolute atomic E-state index is 0.294. The van der Waals surface area contributed by atoms with Crippen LogP contribution in [0.1, 0.15) is 0 Å². The van der Waals surface area contributed by atoms with Crippen molar-refractivity contribution in [3.05, 3.63) is 54.3 Å². The van der Waals surface area contributed by atoms with Crippen LogP contribution in [0.2, 0.25) is 0 Å². The second-order valence-corrected chi connectivity index (χ2v) is 3.70. The predicted molar refractivity (Wildman–Crippen MR) is 62.8 cm³/mol. The Morgan fingerprint density at radius 1 is 0.789 bits per heavy atom. The van der Waals surface area contributed by atoms with E-state index in [0.29, 0.717) is 11.4 Å². The van der Waals surface area contributed by atoms with Crippen molar-refractivity contribution in [2.24, 2.45) is 0 Å². The third kappa shape index (κ3) is 4.17. The molecular weight excluding hydrogens is 262 g/mol. The largest absolute Gasteiger partial charge is 0.573 e. The average molecular weight is 271 g/mol. The summed E-state index contributed by atoms with van der Waals surface area (Å²) in [6.45, 7) is 0. The van der Waals surface area contributed by atoms with E-state index in [9.17, 15) is 17.6 Å². The van der Waals surface area contributed by atoms with Gasteiger partial charge in [0.25, 0.3) is 0 Å². The molecule has 0 atom stereocenters. The lowest BCUT2D eigenvalue weighted by Crippen LogP contribution is -2.16. The van der Waals surface area contributed by atoms with Gasteiger partial charge in [-0.15, -0.1) is 13.2 Å². The van der Waals surface area contributed by atoms with E-state index >= 15 is 0 Å². The zero-order chi connectivity index (χ0) is 13.9. The Labute approximate surface area is 106 Å². The highest BCUT2D eigenvalue weighted by Crippen LogP contribution is 2.25. The van der Waals surface area contributed by atoms with Crippen molar-refractivity contribution in [3.8, 4) is 5.75 Å². The summed E-state index contributed by atoms with van der Waals surface area (Å²) in [7, 11) is 0.